The summed E-state index contributed by atoms with van der Waals surface area (Å²) in [6.07, 6.45) is 3.82. The van der Waals surface area contributed by atoms with Gasteiger partial charge in [0.05, 0.1) is 11.8 Å². The van der Waals surface area contributed by atoms with Gasteiger partial charge in [0.1, 0.15) is 0 Å². The summed E-state index contributed by atoms with van der Waals surface area (Å²) in [6.45, 7) is 11.6. The first-order valence-electron chi connectivity index (χ1n) is 7.27. The summed E-state index contributed by atoms with van der Waals surface area (Å²) in [5.41, 5.74) is 3.33. The average molecular weight is 252 g/mol. The Hall–Kier alpha value is -0.830. The molecule has 1 rings (SSSR count). The molecule has 3 nitrogen and oxygen atoms in total. The summed E-state index contributed by atoms with van der Waals surface area (Å²) in [5, 5.41) is 14.6. The molecule has 1 unspecified atom stereocenters. The highest BCUT2D eigenvalue weighted by Gasteiger charge is 2.18. The van der Waals surface area contributed by atoms with Gasteiger partial charge in [0, 0.05) is 17.8 Å². The number of nitrogens with zero attached hydrogens (tertiary/aromatic N) is 2. The van der Waals surface area contributed by atoms with Crippen LogP contribution >= 0.6 is 0 Å². The predicted octanol–water partition coefficient (Wildman–Crippen LogP) is 3.50. The fraction of sp³-hybridized carbons (Fsp3) is 0.800. The van der Waals surface area contributed by atoms with Crippen LogP contribution in [0.1, 0.15) is 70.5 Å². The third kappa shape index (κ3) is 3.58. The zero-order chi connectivity index (χ0) is 13.7. The SMILES string of the molecule is CCc1nn(CCCC(C)C)c(CC)c1C(C)O. The maximum absolute atomic E-state index is 9.92. The summed E-state index contributed by atoms with van der Waals surface area (Å²) in [7, 11) is 0. The molecule has 3 heteroatoms. The van der Waals surface area contributed by atoms with E-state index in [9.17, 15) is 5.11 Å². The minimum absolute atomic E-state index is 0.409. The van der Waals surface area contributed by atoms with Crippen LogP contribution in [0, 0.1) is 5.92 Å². The normalized spacial score (nSPS) is 13.3. The first-order valence-corrected chi connectivity index (χ1v) is 7.27. The molecule has 0 aliphatic carbocycles. The molecule has 0 spiro atoms. The van der Waals surface area contributed by atoms with Gasteiger partial charge in [-0.1, -0.05) is 27.7 Å². The Balaban J connectivity index is 2.90. The third-order valence-electron chi connectivity index (χ3n) is 3.41. The van der Waals surface area contributed by atoms with E-state index in [0.717, 1.165) is 43.0 Å². The lowest BCUT2D eigenvalue weighted by atomic mass is 10.0. The maximum atomic E-state index is 9.92. The van der Waals surface area contributed by atoms with Crippen LogP contribution in [0.25, 0.3) is 0 Å². The lowest BCUT2D eigenvalue weighted by Gasteiger charge is -2.10. The number of aromatic nitrogens is 2. The Kier molecular flexibility index (Phi) is 5.86. The Morgan fingerprint density at radius 2 is 1.83 bits per heavy atom. The molecule has 0 saturated carbocycles. The van der Waals surface area contributed by atoms with Crippen LogP contribution in [0.5, 0.6) is 0 Å². The van der Waals surface area contributed by atoms with Crippen molar-refractivity contribution in [1.29, 1.82) is 0 Å². The maximum Gasteiger partial charge on any atom is 0.0798 e. The zero-order valence-electron chi connectivity index (χ0n) is 12.5. The lowest BCUT2D eigenvalue weighted by Crippen LogP contribution is -2.07. The van der Waals surface area contributed by atoms with Crippen LogP contribution in [-0.4, -0.2) is 14.9 Å². The molecule has 0 amide bonds. The monoisotopic (exact) mass is 252 g/mol. The van der Waals surface area contributed by atoms with Crippen LogP contribution in [0.15, 0.2) is 0 Å². The van der Waals surface area contributed by atoms with Gasteiger partial charge in [-0.2, -0.15) is 5.10 Å². The number of hydrogen-bond acceptors (Lipinski definition) is 2. The van der Waals surface area contributed by atoms with E-state index in [1.165, 1.54) is 12.1 Å². The molecule has 1 heterocycles. The average Bonchev–Trinajstić information content (AvgIpc) is 2.66. The molecular formula is C15H28N2O. The van der Waals surface area contributed by atoms with Crippen molar-refractivity contribution in [2.24, 2.45) is 5.92 Å². The van der Waals surface area contributed by atoms with Crippen molar-refractivity contribution in [2.45, 2.75) is 73.0 Å². The number of hydrogen-bond donors (Lipinski definition) is 1. The fourth-order valence-corrected chi connectivity index (χ4v) is 2.52. The molecule has 18 heavy (non-hydrogen) atoms. The largest absolute Gasteiger partial charge is 0.389 e. The Morgan fingerprint density at radius 1 is 1.17 bits per heavy atom. The van der Waals surface area contributed by atoms with E-state index in [-0.39, 0.29) is 0 Å². The second-order valence-electron chi connectivity index (χ2n) is 5.45. The van der Waals surface area contributed by atoms with Crippen molar-refractivity contribution in [3.8, 4) is 0 Å². The summed E-state index contributed by atoms with van der Waals surface area (Å²) < 4.78 is 2.11. The van der Waals surface area contributed by atoms with Gasteiger partial charge in [0.2, 0.25) is 0 Å². The second kappa shape index (κ2) is 6.93. The summed E-state index contributed by atoms with van der Waals surface area (Å²) in [5.74, 6) is 0.743. The molecule has 1 N–H and O–H groups in total. The minimum Gasteiger partial charge on any atom is -0.389 e. The first kappa shape index (κ1) is 15.2. The van der Waals surface area contributed by atoms with Crippen molar-refractivity contribution in [3.05, 3.63) is 17.0 Å². The highest BCUT2D eigenvalue weighted by Crippen LogP contribution is 2.24. The minimum atomic E-state index is -0.409. The van der Waals surface area contributed by atoms with E-state index < -0.39 is 6.10 Å². The third-order valence-corrected chi connectivity index (χ3v) is 3.41. The van der Waals surface area contributed by atoms with Crippen LogP contribution in [0.2, 0.25) is 0 Å². The Bertz CT molecular complexity index is 367. The van der Waals surface area contributed by atoms with Crippen LogP contribution < -0.4 is 0 Å². The number of aryl methyl sites for hydroxylation is 2. The van der Waals surface area contributed by atoms with Gasteiger partial charge in [-0.25, -0.2) is 0 Å². The molecule has 0 saturated heterocycles. The standard InChI is InChI=1S/C15H28N2O/c1-6-13-15(12(5)18)14(7-2)17(16-13)10-8-9-11(3)4/h11-12,18H,6-10H2,1-5H3. The zero-order valence-corrected chi connectivity index (χ0v) is 12.5. The van der Waals surface area contributed by atoms with Gasteiger partial charge in [0.15, 0.2) is 0 Å². The van der Waals surface area contributed by atoms with Crippen molar-refractivity contribution in [2.75, 3.05) is 0 Å². The van der Waals surface area contributed by atoms with Crippen molar-refractivity contribution in [3.63, 3.8) is 0 Å². The molecular weight excluding hydrogens is 224 g/mol. The molecule has 104 valence electrons. The highest BCUT2D eigenvalue weighted by molar-refractivity contribution is 5.28. The van der Waals surface area contributed by atoms with Crippen LogP contribution in [-0.2, 0) is 19.4 Å². The summed E-state index contributed by atoms with van der Waals surface area (Å²) in [6, 6.07) is 0. The predicted molar refractivity (Wildman–Crippen MR) is 75.7 cm³/mol. The van der Waals surface area contributed by atoms with Gasteiger partial charge >= 0.3 is 0 Å². The molecule has 1 atom stereocenters. The van der Waals surface area contributed by atoms with Crippen LogP contribution in [0.3, 0.4) is 0 Å². The van der Waals surface area contributed by atoms with E-state index in [0.29, 0.717) is 0 Å². The smallest absolute Gasteiger partial charge is 0.0798 e. The summed E-state index contributed by atoms with van der Waals surface area (Å²) >= 11 is 0. The number of aliphatic hydroxyl groups is 1. The van der Waals surface area contributed by atoms with Crippen molar-refractivity contribution in [1.82, 2.24) is 9.78 Å². The molecule has 0 bridgehead atoms. The quantitative estimate of drug-likeness (QED) is 0.806. The van der Waals surface area contributed by atoms with Gasteiger partial charge in [-0.3, -0.25) is 4.68 Å². The molecule has 0 aliphatic heterocycles. The molecule has 1 aromatic rings. The van der Waals surface area contributed by atoms with Gasteiger partial charge in [-0.15, -0.1) is 0 Å². The van der Waals surface area contributed by atoms with Crippen molar-refractivity contribution >= 4 is 0 Å². The van der Waals surface area contributed by atoms with E-state index in [1.54, 1.807) is 0 Å². The molecule has 0 aliphatic rings. The van der Waals surface area contributed by atoms with Crippen molar-refractivity contribution < 1.29 is 5.11 Å². The Labute approximate surface area is 111 Å². The van der Waals surface area contributed by atoms with E-state index in [2.05, 4.69) is 37.5 Å². The van der Waals surface area contributed by atoms with Gasteiger partial charge < -0.3 is 5.11 Å². The first-order chi connectivity index (χ1) is 8.51. The Morgan fingerprint density at radius 3 is 2.28 bits per heavy atom. The van der Waals surface area contributed by atoms with E-state index in [1.807, 2.05) is 6.92 Å². The molecule has 1 aromatic heterocycles. The topological polar surface area (TPSA) is 38.0 Å². The van der Waals surface area contributed by atoms with Crippen LogP contribution in [0.4, 0.5) is 0 Å². The number of aliphatic hydroxyl groups excluding tert-OH is 1. The molecule has 0 aromatic carbocycles. The van der Waals surface area contributed by atoms with Gasteiger partial charge in [0.25, 0.3) is 0 Å². The fourth-order valence-electron chi connectivity index (χ4n) is 2.52. The summed E-state index contributed by atoms with van der Waals surface area (Å²) in [4.78, 5) is 0. The second-order valence-corrected chi connectivity index (χ2v) is 5.45. The highest BCUT2D eigenvalue weighted by atomic mass is 16.3. The molecule has 0 fully saturated rings. The number of rotatable bonds is 7. The van der Waals surface area contributed by atoms with E-state index in [4.69, 9.17) is 0 Å². The van der Waals surface area contributed by atoms with E-state index >= 15 is 0 Å². The van der Waals surface area contributed by atoms with Gasteiger partial charge in [-0.05, 0) is 38.5 Å². The molecule has 0 radical (unpaired) electrons. The lowest BCUT2D eigenvalue weighted by molar-refractivity contribution is 0.197.